The largest absolute Gasteiger partial charge is 0.479 e. The van der Waals surface area contributed by atoms with Crippen molar-refractivity contribution >= 4 is 5.91 Å². The van der Waals surface area contributed by atoms with Crippen molar-refractivity contribution in [3.8, 4) is 29.9 Å². The number of hydrogen-bond acceptors (Lipinski definition) is 3. The molecule has 110 valence electrons. The van der Waals surface area contributed by atoms with Gasteiger partial charge in [-0.25, -0.2) is 0 Å². The molecule has 1 atom stereocenters. The predicted octanol–water partition coefficient (Wildman–Crippen LogP) is 2.14. The lowest BCUT2D eigenvalue weighted by Crippen LogP contribution is -2.48. The summed E-state index contributed by atoms with van der Waals surface area (Å²) in [6.45, 7) is 7.29. The molecule has 4 heteroatoms. The molecule has 1 aromatic rings. The van der Waals surface area contributed by atoms with Gasteiger partial charge in [-0.05, 0) is 33.3 Å². The summed E-state index contributed by atoms with van der Waals surface area (Å²) in [4.78, 5) is 16.2. The highest BCUT2D eigenvalue weighted by atomic mass is 16.5. The molecular formula is C17H20N2O2. The first-order valence-corrected chi connectivity index (χ1v) is 6.76. The van der Waals surface area contributed by atoms with Gasteiger partial charge >= 0.3 is 0 Å². The molecule has 0 aliphatic rings. The number of rotatable bonds is 5. The van der Waals surface area contributed by atoms with Gasteiger partial charge in [-0.1, -0.05) is 18.8 Å². The Morgan fingerprint density at radius 2 is 2.24 bits per heavy atom. The van der Waals surface area contributed by atoms with Gasteiger partial charge < -0.3 is 10.1 Å². The molecule has 0 aliphatic heterocycles. The number of terminal acetylenes is 1. The fourth-order valence-electron chi connectivity index (χ4n) is 1.78. The molecule has 0 aliphatic carbocycles. The van der Waals surface area contributed by atoms with Gasteiger partial charge in [-0.15, -0.1) is 12.3 Å². The van der Waals surface area contributed by atoms with Gasteiger partial charge in [0.15, 0.2) is 6.10 Å². The van der Waals surface area contributed by atoms with Crippen molar-refractivity contribution in [2.45, 2.75) is 45.8 Å². The number of nitrogens with zero attached hydrogens (tertiary/aromatic N) is 1. The summed E-state index contributed by atoms with van der Waals surface area (Å²) >= 11 is 0. The molecule has 4 nitrogen and oxygen atoms in total. The van der Waals surface area contributed by atoms with Crippen molar-refractivity contribution in [1.82, 2.24) is 10.3 Å². The molecule has 0 radical (unpaired) electrons. The Morgan fingerprint density at radius 3 is 2.81 bits per heavy atom. The van der Waals surface area contributed by atoms with Crippen molar-refractivity contribution in [2.75, 3.05) is 0 Å². The topological polar surface area (TPSA) is 51.2 Å². The minimum atomic E-state index is -0.613. The van der Waals surface area contributed by atoms with Gasteiger partial charge in [0.1, 0.15) is 5.75 Å². The maximum atomic E-state index is 12.3. The number of aromatic nitrogens is 1. The molecule has 0 aromatic carbocycles. The Balaban J connectivity index is 2.80. The van der Waals surface area contributed by atoms with Crippen LogP contribution in [0.2, 0.25) is 0 Å². The number of nitrogens with one attached hydrogen (secondary N) is 1. The van der Waals surface area contributed by atoms with Gasteiger partial charge in [-0.3, -0.25) is 9.78 Å². The lowest BCUT2D eigenvalue weighted by Gasteiger charge is -2.24. The quantitative estimate of drug-likeness (QED) is 0.843. The zero-order valence-electron chi connectivity index (χ0n) is 12.9. The van der Waals surface area contributed by atoms with Gasteiger partial charge in [0.2, 0.25) is 0 Å². The van der Waals surface area contributed by atoms with Crippen LogP contribution in [0.3, 0.4) is 0 Å². The van der Waals surface area contributed by atoms with Crippen molar-refractivity contribution in [3.63, 3.8) is 0 Å². The third-order valence-corrected chi connectivity index (χ3v) is 2.69. The van der Waals surface area contributed by atoms with Crippen LogP contribution in [0.25, 0.3) is 0 Å². The summed E-state index contributed by atoms with van der Waals surface area (Å²) in [6, 6.07) is 1.68. The van der Waals surface area contributed by atoms with E-state index in [4.69, 9.17) is 11.2 Å². The van der Waals surface area contributed by atoms with Crippen LogP contribution in [0, 0.1) is 24.2 Å². The minimum absolute atomic E-state index is 0.212. The normalized spacial score (nSPS) is 11.6. The highest BCUT2D eigenvalue weighted by Gasteiger charge is 2.24. The average molecular weight is 284 g/mol. The van der Waals surface area contributed by atoms with E-state index >= 15 is 0 Å². The molecule has 1 heterocycles. The van der Waals surface area contributed by atoms with Crippen LogP contribution >= 0.6 is 0 Å². The van der Waals surface area contributed by atoms with E-state index in [1.807, 2.05) is 20.8 Å². The molecule has 1 aromatic heterocycles. The van der Waals surface area contributed by atoms with Crippen LogP contribution in [0.5, 0.6) is 5.75 Å². The van der Waals surface area contributed by atoms with Crippen molar-refractivity contribution in [1.29, 1.82) is 0 Å². The predicted molar refractivity (Wildman–Crippen MR) is 82.6 cm³/mol. The van der Waals surface area contributed by atoms with Gasteiger partial charge in [0.25, 0.3) is 5.91 Å². The average Bonchev–Trinajstić information content (AvgIpc) is 2.44. The third-order valence-electron chi connectivity index (χ3n) is 2.69. The first kappa shape index (κ1) is 16.6. The van der Waals surface area contributed by atoms with Crippen LogP contribution < -0.4 is 10.1 Å². The first-order chi connectivity index (χ1) is 9.91. The zero-order chi connectivity index (χ0) is 15.9. The number of carbonyl (C=O) groups is 1. The molecule has 0 fully saturated rings. The van der Waals surface area contributed by atoms with E-state index in [9.17, 15) is 4.79 Å². The van der Waals surface area contributed by atoms with E-state index in [1.165, 1.54) is 6.20 Å². The van der Waals surface area contributed by atoms with Crippen LogP contribution in [0.4, 0.5) is 0 Å². The molecule has 1 N–H and O–H groups in total. The summed E-state index contributed by atoms with van der Waals surface area (Å²) in [5, 5.41) is 2.86. The maximum Gasteiger partial charge on any atom is 0.262 e. The first-order valence-electron chi connectivity index (χ1n) is 6.76. The Morgan fingerprint density at radius 1 is 1.52 bits per heavy atom. The second-order valence-corrected chi connectivity index (χ2v) is 5.06. The Bertz CT molecular complexity index is 603. The molecule has 0 saturated heterocycles. The molecule has 21 heavy (non-hydrogen) atoms. The second kappa shape index (κ2) is 7.36. The van der Waals surface area contributed by atoms with E-state index in [0.717, 1.165) is 0 Å². The van der Waals surface area contributed by atoms with E-state index in [1.54, 1.807) is 19.2 Å². The fourth-order valence-corrected chi connectivity index (χ4v) is 1.78. The fraction of sp³-hybridized carbons (Fsp3) is 0.412. The Hall–Kier alpha value is -2.46. The van der Waals surface area contributed by atoms with E-state index in [2.05, 4.69) is 28.1 Å². The smallest absolute Gasteiger partial charge is 0.262 e. The Kier molecular flexibility index (Phi) is 5.81. The van der Waals surface area contributed by atoms with Crippen LogP contribution in [0.15, 0.2) is 18.5 Å². The summed E-state index contributed by atoms with van der Waals surface area (Å²) in [5.41, 5.74) is 0.0153. The number of ether oxygens (including phenoxy) is 1. The number of amides is 1. The van der Waals surface area contributed by atoms with Crippen LogP contribution in [-0.2, 0) is 4.79 Å². The van der Waals surface area contributed by atoms with Crippen LogP contribution in [0.1, 0.15) is 39.7 Å². The SMILES string of the molecule is C#Cc1cncc(OC(CC)C(=O)NC(C)(C)C#CC)c1. The summed E-state index contributed by atoms with van der Waals surface area (Å²) in [7, 11) is 0. The van der Waals surface area contributed by atoms with Gasteiger partial charge in [-0.2, -0.15) is 0 Å². The van der Waals surface area contributed by atoms with Gasteiger partial charge in [0.05, 0.1) is 11.7 Å². The number of hydrogen-bond donors (Lipinski definition) is 1. The van der Waals surface area contributed by atoms with Crippen LogP contribution in [-0.4, -0.2) is 22.5 Å². The van der Waals surface area contributed by atoms with Gasteiger partial charge in [0, 0.05) is 11.8 Å². The number of carbonyl (C=O) groups excluding carboxylic acids is 1. The minimum Gasteiger partial charge on any atom is -0.479 e. The van der Waals surface area contributed by atoms with E-state index in [-0.39, 0.29) is 5.91 Å². The molecule has 1 amide bonds. The molecule has 0 bridgehead atoms. The van der Waals surface area contributed by atoms with Crippen molar-refractivity contribution in [3.05, 3.63) is 24.0 Å². The highest BCUT2D eigenvalue weighted by molar-refractivity contribution is 5.82. The van der Waals surface area contributed by atoms with E-state index in [0.29, 0.717) is 17.7 Å². The molecule has 0 saturated carbocycles. The standard InChI is InChI=1S/C17H20N2O2/c1-6-9-17(4,5)19-16(20)15(8-3)21-14-10-13(7-2)11-18-12-14/h2,10-12,15H,8H2,1,3-5H3,(H,19,20). The maximum absolute atomic E-state index is 12.3. The summed E-state index contributed by atoms with van der Waals surface area (Å²) in [6.07, 6.45) is 8.33. The zero-order valence-corrected chi connectivity index (χ0v) is 12.9. The molecule has 1 unspecified atom stereocenters. The Labute approximate surface area is 126 Å². The summed E-state index contributed by atoms with van der Waals surface area (Å²) in [5.74, 6) is 8.48. The monoisotopic (exact) mass is 284 g/mol. The third kappa shape index (κ3) is 5.20. The summed E-state index contributed by atoms with van der Waals surface area (Å²) < 4.78 is 5.67. The molecule has 0 spiro atoms. The molecule has 1 rings (SSSR count). The van der Waals surface area contributed by atoms with Crippen molar-refractivity contribution < 1.29 is 9.53 Å². The lowest BCUT2D eigenvalue weighted by molar-refractivity contribution is -0.129. The van der Waals surface area contributed by atoms with E-state index < -0.39 is 11.6 Å². The molecular weight excluding hydrogens is 264 g/mol. The highest BCUT2D eigenvalue weighted by Crippen LogP contribution is 2.14. The number of pyridine rings is 1. The lowest BCUT2D eigenvalue weighted by atomic mass is 10.1. The second-order valence-electron chi connectivity index (χ2n) is 5.06. The van der Waals surface area contributed by atoms with Crippen molar-refractivity contribution in [2.24, 2.45) is 0 Å².